The number of hydrogen-bond donors (Lipinski definition) is 1. The van der Waals surface area contributed by atoms with Gasteiger partial charge in [-0.1, -0.05) is 12.1 Å². The molecular formula is C20H20N2O3. The van der Waals surface area contributed by atoms with E-state index in [0.717, 1.165) is 5.56 Å². The number of carbonyl (C=O) groups excluding carboxylic acids is 1. The van der Waals surface area contributed by atoms with E-state index in [2.05, 4.69) is 6.07 Å². The molecule has 2 aromatic carbocycles. The molecule has 5 heteroatoms. The second-order valence-electron chi connectivity index (χ2n) is 6.15. The van der Waals surface area contributed by atoms with Gasteiger partial charge in [-0.25, -0.2) is 0 Å². The van der Waals surface area contributed by atoms with Crippen molar-refractivity contribution < 1.29 is 14.6 Å². The quantitative estimate of drug-likeness (QED) is 0.932. The lowest BCUT2D eigenvalue weighted by Gasteiger charge is -2.29. The summed E-state index contributed by atoms with van der Waals surface area (Å²) in [6, 6.07) is 16.4. The maximum Gasteiger partial charge on any atom is 0.253 e. The van der Waals surface area contributed by atoms with E-state index < -0.39 is 0 Å². The molecule has 1 heterocycles. The van der Waals surface area contributed by atoms with Gasteiger partial charge < -0.3 is 14.7 Å². The van der Waals surface area contributed by atoms with Gasteiger partial charge in [-0.15, -0.1) is 0 Å². The van der Waals surface area contributed by atoms with Gasteiger partial charge in [0, 0.05) is 18.7 Å². The molecule has 0 aromatic heterocycles. The van der Waals surface area contributed by atoms with Gasteiger partial charge >= 0.3 is 0 Å². The second kappa shape index (κ2) is 7.82. The van der Waals surface area contributed by atoms with Gasteiger partial charge in [0.25, 0.3) is 5.91 Å². The molecule has 0 bridgehead atoms. The number of ether oxygens (including phenoxy) is 1. The van der Waals surface area contributed by atoms with Crippen molar-refractivity contribution in [2.24, 2.45) is 0 Å². The van der Waals surface area contributed by atoms with Crippen molar-refractivity contribution in [3.63, 3.8) is 0 Å². The Morgan fingerprint density at radius 2 is 1.92 bits per heavy atom. The van der Waals surface area contributed by atoms with E-state index in [1.54, 1.807) is 35.2 Å². The van der Waals surface area contributed by atoms with Crippen molar-refractivity contribution in [1.82, 2.24) is 4.90 Å². The highest BCUT2D eigenvalue weighted by molar-refractivity contribution is 5.94. The van der Waals surface area contributed by atoms with Crippen LogP contribution in [0.3, 0.4) is 0 Å². The number of likely N-dealkylation sites (tertiary alicyclic amines) is 1. The molecule has 25 heavy (non-hydrogen) atoms. The molecule has 0 aliphatic carbocycles. The maximum absolute atomic E-state index is 12.6. The molecule has 0 unspecified atom stereocenters. The molecule has 0 atom stereocenters. The van der Waals surface area contributed by atoms with Gasteiger partial charge in [0.05, 0.1) is 17.7 Å². The summed E-state index contributed by atoms with van der Waals surface area (Å²) < 4.78 is 5.72. The minimum absolute atomic E-state index is 0.00729. The van der Waals surface area contributed by atoms with Crippen molar-refractivity contribution >= 4 is 5.91 Å². The number of nitrogens with zero attached hydrogens (tertiary/aromatic N) is 2. The van der Waals surface area contributed by atoms with Gasteiger partial charge in [0.1, 0.15) is 12.4 Å². The first-order valence-corrected chi connectivity index (χ1v) is 8.35. The largest absolute Gasteiger partial charge is 0.489 e. The Morgan fingerprint density at radius 1 is 1.20 bits per heavy atom. The number of aliphatic hydroxyl groups is 1. The van der Waals surface area contributed by atoms with E-state index >= 15 is 0 Å². The van der Waals surface area contributed by atoms with Crippen molar-refractivity contribution in [2.45, 2.75) is 25.6 Å². The van der Waals surface area contributed by atoms with Gasteiger partial charge in [0.2, 0.25) is 0 Å². The average Bonchev–Trinajstić information content (AvgIpc) is 2.67. The predicted molar refractivity (Wildman–Crippen MR) is 93.1 cm³/mol. The van der Waals surface area contributed by atoms with E-state index in [9.17, 15) is 9.90 Å². The first-order valence-electron chi connectivity index (χ1n) is 8.35. The van der Waals surface area contributed by atoms with Gasteiger partial charge in [0.15, 0.2) is 0 Å². The molecule has 0 spiro atoms. The number of piperidine rings is 1. The Bertz CT molecular complexity index is 772. The Balaban J connectivity index is 1.62. The fourth-order valence-corrected chi connectivity index (χ4v) is 2.84. The van der Waals surface area contributed by atoms with Gasteiger partial charge in [-0.2, -0.15) is 5.26 Å². The van der Waals surface area contributed by atoms with Crippen molar-refractivity contribution in [2.75, 3.05) is 13.1 Å². The van der Waals surface area contributed by atoms with E-state index in [1.807, 2.05) is 18.2 Å². The van der Waals surface area contributed by atoms with Crippen molar-refractivity contribution in [1.29, 1.82) is 5.26 Å². The molecular weight excluding hydrogens is 316 g/mol. The minimum Gasteiger partial charge on any atom is -0.489 e. The number of benzene rings is 2. The summed E-state index contributed by atoms with van der Waals surface area (Å²) in [7, 11) is 0. The van der Waals surface area contributed by atoms with Crippen molar-refractivity contribution in [3.8, 4) is 11.8 Å². The van der Waals surface area contributed by atoms with E-state index in [-0.39, 0.29) is 12.0 Å². The molecule has 128 valence electrons. The first-order chi connectivity index (χ1) is 12.2. The minimum atomic E-state index is -0.295. The fraction of sp³-hybridized carbons (Fsp3) is 0.300. The molecule has 1 N–H and O–H groups in total. The zero-order chi connectivity index (χ0) is 17.6. The van der Waals surface area contributed by atoms with Crippen LogP contribution in [0.25, 0.3) is 0 Å². The number of amides is 1. The molecule has 5 nitrogen and oxygen atoms in total. The number of carbonyl (C=O) groups is 1. The molecule has 1 aliphatic rings. The summed E-state index contributed by atoms with van der Waals surface area (Å²) >= 11 is 0. The number of nitriles is 1. The monoisotopic (exact) mass is 336 g/mol. The standard InChI is InChI=1S/C20H20N2O3/c21-13-15-4-6-19(7-5-15)25-14-16-2-1-3-17(12-16)20(24)22-10-8-18(23)9-11-22/h1-7,12,18,23H,8-11,14H2. The van der Waals surface area contributed by atoms with Crippen LogP contribution in [-0.2, 0) is 6.61 Å². The van der Waals surface area contributed by atoms with Crippen LogP contribution in [0.15, 0.2) is 48.5 Å². The topological polar surface area (TPSA) is 73.6 Å². The molecule has 0 saturated carbocycles. The summed E-state index contributed by atoms with van der Waals surface area (Å²) in [5, 5.41) is 18.4. The van der Waals surface area contributed by atoms with Crippen LogP contribution in [0.2, 0.25) is 0 Å². The normalized spacial score (nSPS) is 14.8. The van der Waals surface area contributed by atoms with Crippen LogP contribution < -0.4 is 4.74 Å². The highest BCUT2D eigenvalue weighted by Crippen LogP contribution is 2.17. The summed E-state index contributed by atoms with van der Waals surface area (Å²) in [4.78, 5) is 14.4. The third-order valence-electron chi connectivity index (χ3n) is 4.31. The zero-order valence-corrected chi connectivity index (χ0v) is 13.9. The van der Waals surface area contributed by atoms with Crippen LogP contribution in [0.5, 0.6) is 5.75 Å². The average molecular weight is 336 g/mol. The van der Waals surface area contributed by atoms with Crippen LogP contribution >= 0.6 is 0 Å². The molecule has 1 amide bonds. The first kappa shape index (κ1) is 17.0. The van der Waals surface area contributed by atoms with Crippen molar-refractivity contribution in [3.05, 3.63) is 65.2 Å². The summed E-state index contributed by atoms with van der Waals surface area (Å²) in [5.74, 6) is 0.674. The number of aliphatic hydroxyl groups excluding tert-OH is 1. The lowest BCUT2D eigenvalue weighted by Crippen LogP contribution is -2.40. The lowest BCUT2D eigenvalue weighted by molar-refractivity contribution is 0.0546. The highest BCUT2D eigenvalue weighted by Gasteiger charge is 2.22. The van der Waals surface area contributed by atoms with Crippen LogP contribution in [-0.4, -0.2) is 35.1 Å². The Hall–Kier alpha value is -2.84. The van der Waals surface area contributed by atoms with Crippen LogP contribution in [0.1, 0.15) is 34.3 Å². The second-order valence-corrected chi connectivity index (χ2v) is 6.15. The third-order valence-corrected chi connectivity index (χ3v) is 4.31. The third kappa shape index (κ3) is 4.37. The lowest BCUT2D eigenvalue weighted by atomic mass is 10.1. The Kier molecular flexibility index (Phi) is 5.32. The molecule has 1 saturated heterocycles. The van der Waals surface area contributed by atoms with Gasteiger partial charge in [-0.05, 0) is 54.8 Å². The smallest absolute Gasteiger partial charge is 0.253 e. The summed E-state index contributed by atoms with van der Waals surface area (Å²) in [6.45, 7) is 1.53. The molecule has 2 aromatic rings. The molecule has 0 radical (unpaired) electrons. The summed E-state index contributed by atoms with van der Waals surface area (Å²) in [5.41, 5.74) is 2.14. The zero-order valence-electron chi connectivity index (χ0n) is 13.9. The summed E-state index contributed by atoms with van der Waals surface area (Å²) in [6.07, 6.45) is 0.969. The Morgan fingerprint density at radius 3 is 2.60 bits per heavy atom. The van der Waals surface area contributed by atoms with E-state index in [1.165, 1.54) is 0 Å². The molecule has 3 rings (SSSR count). The SMILES string of the molecule is N#Cc1ccc(OCc2cccc(C(=O)N3CCC(O)CC3)c2)cc1. The molecule has 1 fully saturated rings. The predicted octanol–water partition coefficient (Wildman–Crippen LogP) is 2.73. The Labute approximate surface area is 147 Å². The van der Waals surface area contributed by atoms with E-state index in [4.69, 9.17) is 10.00 Å². The highest BCUT2D eigenvalue weighted by atomic mass is 16.5. The fourth-order valence-electron chi connectivity index (χ4n) is 2.84. The van der Waals surface area contributed by atoms with Crippen LogP contribution in [0, 0.1) is 11.3 Å². The maximum atomic E-state index is 12.6. The van der Waals surface area contributed by atoms with E-state index in [0.29, 0.717) is 49.4 Å². The number of hydrogen-bond acceptors (Lipinski definition) is 4. The molecule has 1 aliphatic heterocycles. The number of rotatable bonds is 4. The van der Waals surface area contributed by atoms with Crippen LogP contribution in [0.4, 0.5) is 0 Å². The van der Waals surface area contributed by atoms with Gasteiger partial charge in [-0.3, -0.25) is 4.79 Å².